The minimum absolute atomic E-state index is 0.626. The van der Waals surface area contributed by atoms with E-state index in [0.29, 0.717) is 0 Å². The van der Waals surface area contributed by atoms with Crippen molar-refractivity contribution in [2.75, 3.05) is 13.2 Å². The molecule has 0 bridgehead atoms. The molecule has 0 amide bonds. The van der Waals surface area contributed by atoms with Gasteiger partial charge in [0.25, 0.3) is 0 Å². The number of rotatable bonds is 4. The van der Waals surface area contributed by atoms with Crippen LogP contribution in [0.3, 0.4) is 0 Å². The fourth-order valence-electron chi connectivity index (χ4n) is 3.07. The predicted octanol–water partition coefficient (Wildman–Crippen LogP) is 4.71. The van der Waals surface area contributed by atoms with Crippen molar-refractivity contribution in [2.45, 2.75) is 83.1 Å². The molecule has 4 heteroatoms. The van der Waals surface area contributed by atoms with Gasteiger partial charge >= 0.3 is 0 Å². The van der Waals surface area contributed by atoms with Gasteiger partial charge in [-0.2, -0.15) is 0 Å². The summed E-state index contributed by atoms with van der Waals surface area (Å²) in [6.07, 6.45) is 6.81. The van der Waals surface area contributed by atoms with E-state index in [2.05, 4.69) is 20.8 Å². The maximum absolute atomic E-state index is 5.90. The van der Waals surface area contributed by atoms with Crippen LogP contribution in [0.15, 0.2) is 0 Å². The van der Waals surface area contributed by atoms with Crippen molar-refractivity contribution in [1.29, 1.82) is 0 Å². The first-order valence-electron chi connectivity index (χ1n) is 8.52. The van der Waals surface area contributed by atoms with Crippen molar-refractivity contribution in [3.8, 4) is 0 Å². The van der Waals surface area contributed by atoms with Crippen LogP contribution in [0.1, 0.15) is 52.9 Å². The van der Waals surface area contributed by atoms with Gasteiger partial charge in [0.1, 0.15) is 0 Å². The Morgan fingerprint density at radius 2 is 1.68 bits per heavy atom. The van der Waals surface area contributed by atoms with E-state index in [1.807, 2.05) is 0 Å². The Morgan fingerprint density at radius 1 is 0.947 bits per heavy atom. The minimum atomic E-state index is -1.13. The molecule has 1 unspecified atom stereocenters. The van der Waals surface area contributed by atoms with Crippen LogP contribution >= 0.6 is 0 Å². The number of hydrogen-bond acceptors (Lipinski definition) is 2. The summed E-state index contributed by atoms with van der Waals surface area (Å²) in [7, 11) is -1.76. The average molecular weight is 303 g/mol. The highest BCUT2D eigenvalue weighted by Gasteiger charge is 2.32. The lowest BCUT2D eigenvalue weighted by atomic mass is 10.4. The summed E-state index contributed by atoms with van der Waals surface area (Å²) >= 11 is 0. The smallest absolute Gasteiger partial charge is 0.192 e. The molecule has 19 heavy (non-hydrogen) atoms. The largest absolute Gasteiger partial charge is 0.420 e. The zero-order valence-corrected chi connectivity index (χ0v) is 15.5. The molecule has 2 aliphatic heterocycles. The van der Waals surface area contributed by atoms with Crippen LogP contribution in [0.5, 0.6) is 0 Å². The molecule has 0 aromatic heterocycles. The van der Waals surface area contributed by atoms with Crippen molar-refractivity contribution in [3.63, 3.8) is 0 Å². The summed E-state index contributed by atoms with van der Waals surface area (Å²) in [4.78, 5) is 0. The normalized spacial score (nSPS) is 26.4. The predicted molar refractivity (Wildman–Crippen MR) is 88.9 cm³/mol. The molecule has 0 spiro atoms. The molecule has 2 rings (SSSR count). The average Bonchev–Trinajstić information content (AvgIpc) is 2.50. The summed E-state index contributed by atoms with van der Waals surface area (Å²) in [6.45, 7) is 8.96. The highest BCUT2D eigenvalue weighted by molar-refractivity contribution is 6.73. The van der Waals surface area contributed by atoms with Crippen molar-refractivity contribution in [3.05, 3.63) is 0 Å². The molecule has 0 saturated carbocycles. The van der Waals surface area contributed by atoms with Gasteiger partial charge in [-0.1, -0.05) is 40.0 Å². The Kier molecular flexibility index (Phi) is 9.28. The van der Waals surface area contributed by atoms with Gasteiger partial charge in [0.05, 0.1) is 0 Å². The topological polar surface area (TPSA) is 18.5 Å². The van der Waals surface area contributed by atoms with E-state index in [9.17, 15) is 0 Å². The minimum Gasteiger partial charge on any atom is -0.420 e. The Hall–Kier alpha value is 0.354. The molecule has 2 nitrogen and oxygen atoms in total. The molecule has 0 aliphatic carbocycles. The van der Waals surface area contributed by atoms with Crippen LogP contribution in [0, 0.1) is 0 Å². The van der Waals surface area contributed by atoms with Crippen LogP contribution in [0.4, 0.5) is 0 Å². The Morgan fingerprint density at radius 3 is 2.11 bits per heavy atom. The lowest BCUT2D eigenvalue weighted by Crippen LogP contribution is -2.39. The second kappa shape index (κ2) is 10.1. The Bertz CT molecular complexity index is 203. The van der Waals surface area contributed by atoms with Gasteiger partial charge < -0.3 is 8.85 Å². The van der Waals surface area contributed by atoms with Crippen LogP contribution in [-0.4, -0.2) is 30.6 Å². The van der Waals surface area contributed by atoms with Crippen LogP contribution in [-0.2, 0) is 8.85 Å². The van der Waals surface area contributed by atoms with Gasteiger partial charge in [0.2, 0.25) is 0 Å². The van der Waals surface area contributed by atoms with Crippen molar-refractivity contribution >= 4 is 17.4 Å². The first-order valence-corrected chi connectivity index (χ1v) is 13.1. The third kappa shape index (κ3) is 6.56. The monoisotopic (exact) mass is 302 g/mol. The summed E-state index contributed by atoms with van der Waals surface area (Å²) < 4.78 is 11.6. The van der Waals surface area contributed by atoms with Gasteiger partial charge in [0, 0.05) is 13.2 Å². The quantitative estimate of drug-likeness (QED) is 0.700. The molecular weight excluding hydrogens is 268 g/mol. The maximum atomic E-state index is 5.90. The zero-order valence-electron chi connectivity index (χ0n) is 13.4. The van der Waals surface area contributed by atoms with E-state index in [1.54, 1.807) is 0 Å². The summed E-state index contributed by atoms with van der Waals surface area (Å²) in [5.74, 6) is 0. The summed E-state index contributed by atoms with van der Waals surface area (Å²) in [5.41, 5.74) is 0. The van der Waals surface area contributed by atoms with E-state index < -0.39 is 17.4 Å². The van der Waals surface area contributed by atoms with E-state index in [0.717, 1.165) is 13.2 Å². The molecule has 2 fully saturated rings. The zero-order chi connectivity index (χ0) is 14.0. The Balaban J connectivity index is 0.000000191. The van der Waals surface area contributed by atoms with Gasteiger partial charge in [-0.25, -0.2) is 0 Å². The summed E-state index contributed by atoms with van der Waals surface area (Å²) in [6, 6.07) is 6.90. The van der Waals surface area contributed by atoms with E-state index in [1.165, 1.54) is 62.3 Å². The fraction of sp³-hybridized carbons (Fsp3) is 1.00. The highest BCUT2D eigenvalue weighted by Crippen LogP contribution is 2.28. The molecule has 2 heterocycles. The second-order valence-corrected chi connectivity index (χ2v) is 13.3. The third-order valence-corrected chi connectivity index (χ3v) is 12.2. The van der Waals surface area contributed by atoms with Crippen molar-refractivity contribution in [1.82, 2.24) is 0 Å². The van der Waals surface area contributed by atoms with Gasteiger partial charge in [-0.05, 0) is 43.1 Å². The highest BCUT2D eigenvalue weighted by atomic mass is 28.4. The van der Waals surface area contributed by atoms with Crippen molar-refractivity contribution < 1.29 is 8.85 Å². The number of hydrogen-bond donors (Lipinski definition) is 0. The molecule has 2 saturated heterocycles. The SMILES string of the molecule is CCC[SiH]1CCCCO1.CC[Si]1(CC)CCCCO1. The molecular formula is C15H34O2Si2. The molecule has 1 atom stereocenters. The van der Waals surface area contributed by atoms with E-state index in [4.69, 9.17) is 8.85 Å². The maximum Gasteiger partial charge on any atom is 0.192 e. The molecule has 0 N–H and O–H groups in total. The standard InChI is InChI=1S/C8H18OSi.C7H16OSi/c1-3-10(4-2)8-6-5-7-9-10;1-2-6-9-7-4-3-5-8-9/h3-8H2,1-2H3;9H,2-7H2,1H3. The van der Waals surface area contributed by atoms with E-state index in [-0.39, 0.29) is 0 Å². The van der Waals surface area contributed by atoms with Gasteiger partial charge in [-0.15, -0.1) is 0 Å². The lowest BCUT2D eigenvalue weighted by Gasteiger charge is -2.33. The van der Waals surface area contributed by atoms with Crippen LogP contribution in [0.25, 0.3) is 0 Å². The molecule has 2 aliphatic rings. The van der Waals surface area contributed by atoms with Gasteiger partial charge in [0.15, 0.2) is 17.4 Å². The first kappa shape index (κ1) is 17.4. The molecule has 0 aromatic carbocycles. The first-order chi connectivity index (χ1) is 9.26. The third-order valence-electron chi connectivity index (χ3n) is 4.61. The fourth-order valence-corrected chi connectivity index (χ4v) is 8.82. The lowest BCUT2D eigenvalue weighted by molar-refractivity contribution is 0.267. The van der Waals surface area contributed by atoms with Gasteiger partial charge in [-0.3, -0.25) is 0 Å². The summed E-state index contributed by atoms with van der Waals surface area (Å²) in [5, 5.41) is 0. The second-order valence-electron chi connectivity index (χ2n) is 5.97. The molecule has 0 radical (unpaired) electrons. The Labute approximate surface area is 123 Å². The molecule has 114 valence electrons. The molecule has 0 aromatic rings. The van der Waals surface area contributed by atoms with Crippen LogP contribution in [0.2, 0.25) is 30.2 Å². The van der Waals surface area contributed by atoms with Crippen molar-refractivity contribution in [2.24, 2.45) is 0 Å². The van der Waals surface area contributed by atoms with Crippen LogP contribution < -0.4 is 0 Å². The van der Waals surface area contributed by atoms with E-state index >= 15 is 0 Å².